The van der Waals surface area contributed by atoms with Gasteiger partial charge in [0.2, 0.25) is 0 Å². The average molecular weight is 239 g/mol. The fraction of sp³-hybridized carbons (Fsp3) is 0.100. The van der Waals surface area contributed by atoms with E-state index in [4.69, 9.17) is 11.6 Å². The molecule has 2 aromatic heterocycles. The molecule has 0 aliphatic rings. The Hall–Kier alpha value is -1.88. The second-order valence-corrected chi connectivity index (χ2v) is 3.50. The molecule has 0 unspecified atom stereocenters. The summed E-state index contributed by atoms with van der Waals surface area (Å²) >= 11 is 5.64. The third-order valence-electron chi connectivity index (χ3n) is 2.07. The van der Waals surface area contributed by atoms with E-state index in [-0.39, 0.29) is 10.6 Å². The van der Waals surface area contributed by atoms with Crippen molar-refractivity contribution >= 4 is 28.6 Å². The van der Waals surface area contributed by atoms with E-state index in [9.17, 15) is 9.59 Å². The monoisotopic (exact) mass is 238 g/mol. The molecular formula is C10H7ClN2O3. The molecule has 0 saturated heterocycles. The Morgan fingerprint density at radius 3 is 2.94 bits per heavy atom. The van der Waals surface area contributed by atoms with Crippen LogP contribution in [0.2, 0.25) is 5.02 Å². The summed E-state index contributed by atoms with van der Waals surface area (Å²) in [6.07, 6.45) is 1.36. The SMILES string of the molecule is COC(=O)c1cnc2cc(Cl)c(=O)[nH]c2c1. The van der Waals surface area contributed by atoms with Crippen LogP contribution in [0.3, 0.4) is 0 Å². The molecule has 0 amide bonds. The Morgan fingerprint density at radius 2 is 2.25 bits per heavy atom. The first-order valence-electron chi connectivity index (χ1n) is 4.38. The van der Waals surface area contributed by atoms with Gasteiger partial charge in [0.1, 0.15) is 5.02 Å². The molecule has 0 aromatic carbocycles. The van der Waals surface area contributed by atoms with Gasteiger partial charge < -0.3 is 9.72 Å². The molecule has 1 N–H and O–H groups in total. The first-order chi connectivity index (χ1) is 7.61. The minimum Gasteiger partial charge on any atom is -0.465 e. The Bertz CT molecular complexity index is 621. The highest BCUT2D eigenvalue weighted by atomic mass is 35.5. The van der Waals surface area contributed by atoms with Crippen molar-refractivity contribution in [2.75, 3.05) is 7.11 Å². The molecule has 2 rings (SSSR count). The highest BCUT2D eigenvalue weighted by molar-refractivity contribution is 6.30. The predicted octanol–water partition coefficient (Wildman–Crippen LogP) is 1.36. The number of halogens is 1. The maximum atomic E-state index is 11.3. The number of pyridine rings is 2. The number of carbonyl (C=O) groups excluding carboxylic acids is 1. The molecular weight excluding hydrogens is 232 g/mol. The Morgan fingerprint density at radius 1 is 1.50 bits per heavy atom. The number of aromatic amines is 1. The third kappa shape index (κ3) is 1.77. The second-order valence-electron chi connectivity index (χ2n) is 3.09. The summed E-state index contributed by atoms with van der Waals surface area (Å²) in [7, 11) is 1.27. The van der Waals surface area contributed by atoms with Crippen molar-refractivity contribution in [2.24, 2.45) is 0 Å². The molecule has 82 valence electrons. The first kappa shape index (κ1) is 10.6. The van der Waals surface area contributed by atoms with Crippen molar-refractivity contribution in [2.45, 2.75) is 0 Å². The van der Waals surface area contributed by atoms with Crippen molar-refractivity contribution in [1.29, 1.82) is 0 Å². The van der Waals surface area contributed by atoms with E-state index in [1.165, 1.54) is 25.4 Å². The standard InChI is InChI=1S/C10H7ClN2O3/c1-16-10(15)5-2-8-7(12-4-5)3-6(11)9(14)13-8/h2-4H,1H3,(H,13,14). The third-order valence-corrected chi connectivity index (χ3v) is 2.35. The molecule has 0 atom stereocenters. The lowest BCUT2D eigenvalue weighted by Gasteiger charge is -2.01. The number of ether oxygens (including phenoxy) is 1. The molecule has 0 bridgehead atoms. The van der Waals surface area contributed by atoms with Crippen LogP contribution in [-0.4, -0.2) is 23.0 Å². The summed E-state index contributed by atoms with van der Waals surface area (Å²) in [5.74, 6) is -0.509. The highest BCUT2D eigenvalue weighted by Gasteiger charge is 2.08. The summed E-state index contributed by atoms with van der Waals surface area (Å²) < 4.78 is 4.54. The van der Waals surface area contributed by atoms with Crippen LogP contribution < -0.4 is 5.56 Å². The number of methoxy groups -OCH3 is 1. The van der Waals surface area contributed by atoms with E-state index in [2.05, 4.69) is 14.7 Å². The van der Waals surface area contributed by atoms with Crippen LogP contribution >= 0.6 is 11.6 Å². The minimum atomic E-state index is -0.509. The quantitative estimate of drug-likeness (QED) is 0.762. The van der Waals surface area contributed by atoms with Gasteiger partial charge in [0.15, 0.2) is 0 Å². The summed E-state index contributed by atoms with van der Waals surface area (Å²) in [6, 6.07) is 2.93. The minimum absolute atomic E-state index is 0.0609. The van der Waals surface area contributed by atoms with Crippen LogP contribution in [0.15, 0.2) is 23.1 Å². The second kappa shape index (κ2) is 3.94. The van der Waals surface area contributed by atoms with Gasteiger partial charge in [0.05, 0.1) is 23.7 Å². The van der Waals surface area contributed by atoms with E-state index in [0.717, 1.165) is 0 Å². The van der Waals surface area contributed by atoms with Crippen molar-refractivity contribution in [1.82, 2.24) is 9.97 Å². The maximum absolute atomic E-state index is 11.3. The number of nitrogens with one attached hydrogen (secondary N) is 1. The lowest BCUT2D eigenvalue weighted by atomic mass is 10.2. The summed E-state index contributed by atoms with van der Waals surface area (Å²) in [5, 5.41) is 0.0609. The molecule has 6 heteroatoms. The number of hydrogen-bond acceptors (Lipinski definition) is 4. The van der Waals surface area contributed by atoms with E-state index >= 15 is 0 Å². The van der Waals surface area contributed by atoms with Gasteiger partial charge in [0, 0.05) is 6.20 Å². The smallest absolute Gasteiger partial charge is 0.339 e. The van der Waals surface area contributed by atoms with Gasteiger partial charge in [-0.05, 0) is 12.1 Å². The van der Waals surface area contributed by atoms with Crippen LogP contribution in [0.5, 0.6) is 0 Å². The molecule has 0 saturated carbocycles. The van der Waals surface area contributed by atoms with Gasteiger partial charge in [-0.2, -0.15) is 0 Å². The summed E-state index contributed by atoms with van der Waals surface area (Å²) in [6.45, 7) is 0. The van der Waals surface area contributed by atoms with Crippen LogP contribution in [0.4, 0.5) is 0 Å². The zero-order chi connectivity index (χ0) is 11.7. The molecule has 5 nitrogen and oxygen atoms in total. The largest absolute Gasteiger partial charge is 0.465 e. The topological polar surface area (TPSA) is 72.0 Å². The Balaban J connectivity index is 2.67. The Kier molecular flexibility index (Phi) is 2.62. The van der Waals surface area contributed by atoms with Crippen molar-refractivity contribution < 1.29 is 9.53 Å². The summed E-state index contributed by atoms with van der Waals surface area (Å²) in [5.41, 5.74) is 0.806. The number of esters is 1. The summed E-state index contributed by atoms with van der Waals surface area (Å²) in [4.78, 5) is 29.0. The molecule has 0 radical (unpaired) electrons. The van der Waals surface area contributed by atoms with Gasteiger partial charge in [-0.1, -0.05) is 11.6 Å². The Labute approximate surface area is 95.0 Å². The number of carbonyl (C=O) groups is 1. The van der Waals surface area contributed by atoms with Crippen LogP contribution in [0.25, 0.3) is 11.0 Å². The molecule has 16 heavy (non-hydrogen) atoms. The number of rotatable bonds is 1. The van der Waals surface area contributed by atoms with Crippen LogP contribution in [-0.2, 0) is 4.74 Å². The molecule has 2 heterocycles. The highest BCUT2D eigenvalue weighted by Crippen LogP contribution is 2.13. The number of nitrogens with zero attached hydrogens (tertiary/aromatic N) is 1. The predicted molar refractivity (Wildman–Crippen MR) is 58.7 cm³/mol. The molecule has 2 aromatic rings. The first-order valence-corrected chi connectivity index (χ1v) is 4.76. The van der Waals surface area contributed by atoms with Gasteiger partial charge >= 0.3 is 5.97 Å². The molecule has 0 aliphatic carbocycles. The maximum Gasteiger partial charge on any atom is 0.339 e. The zero-order valence-electron chi connectivity index (χ0n) is 8.28. The van der Waals surface area contributed by atoms with E-state index < -0.39 is 11.5 Å². The average Bonchev–Trinajstić information content (AvgIpc) is 2.29. The van der Waals surface area contributed by atoms with Crippen molar-refractivity contribution in [3.8, 4) is 0 Å². The van der Waals surface area contributed by atoms with Gasteiger partial charge in [-0.25, -0.2) is 4.79 Å². The number of aromatic nitrogens is 2. The number of fused-ring (bicyclic) bond motifs is 1. The molecule has 0 aliphatic heterocycles. The molecule has 0 spiro atoms. The van der Waals surface area contributed by atoms with Crippen LogP contribution in [0, 0.1) is 0 Å². The zero-order valence-corrected chi connectivity index (χ0v) is 9.04. The molecule has 0 fully saturated rings. The van der Waals surface area contributed by atoms with E-state index in [1.54, 1.807) is 0 Å². The van der Waals surface area contributed by atoms with Gasteiger partial charge in [0.25, 0.3) is 5.56 Å². The fourth-order valence-electron chi connectivity index (χ4n) is 1.29. The van der Waals surface area contributed by atoms with Gasteiger partial charge in [-0.3, -0.25) is 9.78 Å². The number of hydrogen-bond donors (Lipinski definition) is 1. The van der Waals surface area contributed by atoms with Crippen molar-refractivity contribution in [3.63, 3.8) is 0 Å². The van der Waals surface area contributed by atoms with Crippen molar-refractivity contribution in [3.05, 3.63) is 39.3 Å². The van der Waals surface area contributed by atoms with Crippen LogP contribution in [0.1, 0.15) is 10.4 Å². The normalized spacial score (nSPS) is 10.4. The van der Waals surface area contributed by atoms with Gasteiger partial charge in [-0.15, -0.1) is 0 Å². The number of H-pyrrole nitrogens is 1. The lowest BCUT2D eigenvalue weighted by Crippen LogP contribution is -2.08. The fourth-order valence-corrected chi connectivity index (χ4v) is 1.44. The lowest BCUT2D eigenvalue weighted by molar-refractivity contribution is 0.0600. The van der Waals surface area contributed by atoms with E-state index in [1.807, 2.05) is 0 Å². The van der Waals surface area contributed by atoms with E-state index in [0.29, 0.717) is 11.0 Å².